The first-order valence-electron chi connectivity index (χ1n) is 8.11. The van der Waals surface area contributed by atoms with Crippen molar-refractivity contribution in [3.8, 4) is 0 Å². The molecule has 0 spiro atoms. The van der Waals surface area contributed by atoms with Crippen molar-refractivity contribution in [2.45, 2.75) is 6.18 Å². The standard InChI is InChI=1S/C16H20F4N4O2/c17-12-3-1-2-4-13(12)24-9-7-23(8-10-24)6-5-21-14(25)15(26)22-11-16(18,19)20/h1-4H,5-11H2,(H,21,25)(H,22,26). The van der Waals surface area contributed by atoms with E-state index in [-0.39, 0.29) is 12.4 Å². The van der Waals surface area contributed by atoms with Gasteiger partial charge in [-0.2, -0.15) is 13.2 Å². The number of alkyl halides is 3. The van der Waals surface area contributed by atoms with Crippen molar-refractivity contribution in [2.24, 2.45) is 0 Å². The molecule has 1 aliphatic heterocycles. The number of carbonyl (C=O) groups is 2. The minimum Gasteiger partial charge on any atom is -0.367 e. The van der Waals surface area contributed by atoms with Crippen LogP contribution in [0.2, 0.25) is 0 Å². The number of nitrogens with zero attached hydrogens (tertiary/aromatic N) is 2. The van der Waals surface area contributed by atoms with E-state index >= 15 is 0 Å². The summed E-state index contributed by atoms with van der Waals surface area (Å²) >= 11 is 0. The van der Waals surface area contributed by atoms with Crippen LogP contribution >= 0.6 is 0 Å². The zero-order valence-electron chi connectivity index (χ0n) is 14.0. The molecule has 2 N–H and O–H groups in total. The smallest absolute Gasteiger partial charge is 0.367 e. The zero-order valence-corrected chi connectivity index (χ0v) is 14.0. The van der Waals surface area contributed by atoms with E-state index in [1.165, 1.54) is 11.4 Å². The Morgan fingerprint density at radius 1 is 1.00 bits per heavy atom. The van der Waals surface area contributed by atoms with Gasteiger partial charge in [-0.3, -0.25) is 14.5 Å². The third-order valence-corrected chi connectivity index (χ3v) is 3.93. The number of anilines is 1. The number of halogens is 4. The Morgan fingerprint density at radius 3 is 2.23 bits per heavy atom. The largest absolute Gasteiger partial charge is 0.405 e. The zero-order chi connectivity index (χ0) is 19.2. The third kappa shape index (κ3) is 6.17. The average molecular weight is 376 g/mol. The maximum Gasteiger partial charge on any atom is 0.405 e. The molecule has 1 aromatic carbocycles. The molecule has 1 aromatic rings. The van der Waals surface area contributed by atoms with Crippen molar-refractivity contribution in [1.29, 1.82) is 0 Å². The van der Waals surface area contributed by atoms with Crippen molar-refractivity contribution in [3.05, 3.63) is 30.1 Å². The number of nitrogens with one attached hydrogen (secondary N) is 2. The fourth-order valence-electron chi connectivity index (χ4n) is 2.59. The summed E-state index contributed by atoms with van der Waals surface area (Å²) in [4.78, 5) is 26.6. The van der Waals surface area contributed by atoms with Gasteiger partial charge in [0, 0.05) is 39.3 Å². The molecule has 26 heavy (non-hydrogen) atoms. The summed E-state index contributed by atoms with van der Waals surface area (Å²) in [6.07, 6.45) is -4.56. The van der Waals surface area contributed by atoms with Crippen LogP contribution in [-0.4, -0.2) is 68.7 Å². The highest BCUT2D eigenvalue weighted by Crippen LogP contribution is 2.19. The molecule has 10 heteroatoms. The van der Waals surface area contributed by atoms with Crippen LogP contribution in [0.4, 0.5) is 23.2 Å². The van der Waals surface area contributed by atoms with Crippen molar-refractivity contribution in [3.63, 3.8) is 0 Å². The maximum atomic E-state index is 13.8. The van der Waals surface area contributed by atoms with Crippen molar-refractivity contribution >= 4 is 17.5 Å². The lowest BCUT2D eigenvalue weighted by atomic mass is 10.2. The van der Waals surface area contributed by atoms with Gasteiger partial charge < -0.3 is 15.5 Å². The van der Waals surface area contributed by atoms with Gasteiger partial charge in [0.05, 0.1) is 5.69 Å². The Bertz CT molecular complexity index is 631. The second kappa shape index (κ2) is 8.84. The Labute approximate surface area is 148 Å². The van der Waals surface area contributed by atoms with Crippen LogP contribution in [-0.2, 0) is 9.59 Å². The van der Waals surface area contributed by atoms with Gasteiger partial charge in [0.2, 0.25) is 0 Å². The molecule has 0 saturated carbocycles. The van der Waals surface area contributed by atoms with E-state index in [4.69, 9.17) is 0 Å². The molecule has 1 fully saturated rings. The van der Waals surface area contributed by atoms with Crippen LogP contribution in [0.5, 0.6) is 0 Å². The molecule has 0 aromatic heterocycles. The molecule has 2 rings (SSSR count). The number of para-hydroxylation sites is 1. The van der Waals surface area contributed by atoms with Crippen LogP contribution in [0.15, 0.2) is 24.3 Å². The number of hydrogen-bond donors (Lipinski definition) is 2. The quantitative estimate of drug-likeness (QED) is 0.588. The van der Waals surface area contributed by atoms with Gasteiger partial charge in [0.25, 0.3) is 0 Å². The molecular weight excluding hydrogens is 356 g/mol. The van der Waals surface area contributed by atoms with E-state index < -0.39 is 24.5 Å². The first-order chi connectivity index (χ1) is 12.3. The highest BCUT2D eigenvalue weighted by Gasteiger charge is 2.29. The van der Waals surface area contributed by atoms with Gasteiger partial charge in [0.1, 0.15) is 12.4 Å². The Hall–Kier alpha value is -2.36. The van der Waals surface area contributed by atoms with E-state index in [0.717, 1.165) is 0 Å². The number of carbonyl (C=O) groups excluding carboxylic acids is 2. The maximum absolute atomic E-state index is 13.8. The summed E-state index contributed by atoms with van der Waals surface area (Å²) < 4.78 is 49.7. The minimum absolute atomic E-state index is 0.137. The normalized spacial score (nSPS) is 15.6. The van der Waals surface area contributed by atoms with E-state index in [2.05, 4.69) is 5.32 Å². The summed E-state index contributed by atoms with van der Waals surface area (Å²) in [7, 11) is 0. The third-order valence-electron chi connectivity index (χ3n) is 3.93. The molecule has 0 unspecified atom stereocenters. The predicted octanol–water partition coefficient (Wildman–Crippen LogP) is 0.742. The van der Waals surface area contributed by atoms with E-state index in [0.29, 0.717) is 38.4 Å². The molecular formula is C16H20F4N4O2. The second-order valence-corrected chi connectivity index (χ2v) is 5.83. The van der Waals surface area contributed by atoms with Crippen LogP contribution in [0.3, 0.4) is 0 Å². The predicted molar refractivity (Wildman–Crippen MR) is 87.1 cm³/mol. The minimum atomic E-state index is -4.56. The van der Waals surface area contributed by atoms with Crippen molar-refractivity contribution in [1.82, 2.24) is 15.5 Å². The van der Waals surface area contributed by atoms with Crippen LogP contribution in [0.1, 0.15) is 0 Å². The number of piperazine rings is 1. The molecule has 144 valence electrons. The van der Waals surface area contributed by atoms with Crippen molar-refractivity contribution < 1.29 is 27.2 Å². The lowest BCUT2D eigenvalue weighted by Crippen LogP contribution is -2.50. The summed E-state index contributed by atoms with van der Waals surface area (Å²) in [6, 6.07) is 6.51. The van der Waals surface area contributed by atoms with Gasteiger partial charge in [-0.25, -0.2) is 4.39 Å². The van der Waals surface area contributed by atoms with E-state index in [1.54, 1.807) is 18.2 Å². The summed E-state index contributed by atoms with van der Waals surface area (Å²) in [5.41, 5.74) is 0.543. The molecule has 6 nitrogen and oxygen atoms in total. The van der Waals surface area contributed by atoms with Crippen LogP contribution < -0.4 is 15.5 Å². The Kier molecular flexibility index (Phi) is 6.78. The molecule has 1 saturated heterocycles. The lowest BCUT2D eigenvalue weighted by molar-refractivity contribution is -0.146. The van der Waals surface area contributed by atoms with Gasteiger partial charge >= 0.3 is 18.0 Å². The SMILES string of the molecule is O=C(NCCN1CCN(c2ccccc2F)CC1)C(=O)NCC(F)(F)F. The topological polar surface area (TPSA) is 64.7 Å². The summed E-state index contributed by atoms with van der Waals surface area (Å²) in [5, 5.41) is 3.79. The Balaban J connectivity index is 1.66. The summed E-state index contributed by atoms with van der Waals surface area (Å²) in [5.74, 6) is -2.69. The highest BCUT2D eigenvalue weighted by molar-refractivity contribution is 6.35. The molecule has 1 heterocycles. The van der Waals surface area contributed by atoms with Crippen LogP contribution in [0.25, 0.3) is 0 Å². The highest BCUT2D eigenvalue weighted by atomic mass is 19.4. The number of benzene rings is 1. The monoisotopic (exact) mass is 376 g/mol. The first kappa shape index (κ1) is 20.0. The molecule has 0 aliphatic carbocycles. The first-order valence-corrected chi connectivity index (χ1v) is 8.11. The number of rotatable bonds is 5. The Morgan fingerprint density at radius 2 is 1.62 bits per heavy atom. The molecule has 0 radical (unpaired) electrons. The van der Waals surface area contributed by atoms with Crippen LogP contribution in [0, 0.1) is 5.82 Å². The number of hydrogen-bond acceptors (Lipinski definition) is 4. The van der Waals surface area contributed by atoms with E-state index in [9.17, 15) is 27.2 Å². The lowest BCUT2D eigenvalue weighted by Gasteiger charge is -2.36. The molecule has 1 aliphatic rings. The van der Waals surface area contributed by atoms with E-state index in [1.807, 2.05) is 9.80 Å². The number of amides is 2. The fourth-order valence-corrected chi connectivity index (χ4v) is 2.59. The molecule has 2 amide bonds. The second-order valence-electron chi connectivity index (χ2n) is 5.83. The molecule has 0 bridgehead atoms. The molecule has 0 atom stereocenters. The average Bonchev–Trinajstić information content (AvgIpc) is 2.60. The van der Waals surface area contributed by atoms with Gasteiger partial charge in [-0.15, -0.1) is 0 Å². The van der Waals surface area contributed by atoms with Gasteiger partial charge in [-0.05, 0) is 12.1 Å². The summed E-state index contributed by atoms with van der Waals surface area (Å²) in [6.45, 7) is 1.55. The van der Waals surface area contributed by atoms with Gasteiger partial charge in [0.15, 0.2) is 0 Å². The van der Waals surface area contributed by atoms with Gasteiger partial charge in [-0.1, -0.05) is 12.1 Å². The fraction of sp³-hybridized carbons (Fsp3) is 0.500. The van der Waals surface area contributed by atoms with Crippen molar-refractivity contribution in [2.75, 3.05) is 50.7 Å².